The molecule has 0 aliphatic heterocycles. The molecule has 0 atom stereocenters. The molecule has 0 bridgehead atoms. The molecule has 0 N–H and O–H groups in total. The molecule has 0 aliphatic rings. The standard InChI is InChI=1S/C13H8Cl2O2/c14-10-4-5-12(15)13(7-10)17-11-3-1-2-9(6-11)8-16/h1-8H. The summed E-state index contributed by atoms with van der Waals surface area (Å²) in [5.74, 6) is 1.00. The highest BCUT2D eigenvalue weighted by Gasteiger charge is 2.04. The van der Waals surface area contributed by atoms with Crippen molar-refractivity contribution in [3.8, 4) is 11.5 Å². The van der Waals surface area contributed by atoms with Crippen LogP contribution in [-0.2, 0) is 0 Å². The molecule has 0 aliphatic carbocycles. The molecule has 0 radical (unpaired) electrons. The molecule has 2 nitrogen and oxygen atoms in total. The average molecular weight is 267 g/mol. The minimum absolute atomic E-state index is 0.460. The lowest BCUT2D eigenvalue weighted by atomic mass is 10.2. The zero-order valence-corrected chi connectivity index (χ0v) is 10.2. The summed E-state index contributed by atoms with van der Waals surface area (Å²) < 4.78 is 5.56. The predicted octanol–water partition coefficient (Wildman–Crippen LogP) is 4.60. The first-order chi connectivity index (χ1) is 8.19. The number of aldehydes is 1. The summed E-state index contributed by atoms with van der Waals surface area (Å²) >= 11 is 11.8. The van der Waals surface area contributed by atoms with E-state index in [9.17, 15) is 4.79 Å². The average Bonchev–Trinajstić information content (AvgIpc) is 2.34. The fraction of sp³-hybridized carbons (Fsp3) is 0. The van der Waals surface area contributed by atoms with Crippen molar-refractivity contribution in [3.63, 3.8) is 0 Å². The summed E-state index contributed by atoms with van der Waals surface area (Å²) in [5, 5.41) is 1.00. The van der Waals surface area contributed by atoms with Gasteiger partial charge in [-0.1, -0.05) is 35.3 Å². The molecule has 0 aromatic heterocycles. The van der Waals surface area contributed by atoms with Crippen LogP contribution in [0.1, 0.15) is 10.4 Å². The molecule has 0 saturated heterocycles. The van der Waals surface area contributed by atoms with E-state index < -0.39 is 0 Å². The molecule has 17 heavy (non-hydrogen) atoms. The molecule has 0 unspecified atom stereocenters. The number of carbonyl (C=O) groups is 1. The maximum atomic E-state index is 10.6. The summed E-state index contributed by atoms with van der Waals surface area (Å²) in [6.45, 7) is 0. The monoisotopic (exact) mass is 266 g/mol. The second-order valence-corrected chi connectivity index (χ2v) is 4.21. The first-order valence-electron chi connectivity index (χ1n) is 4.87. The van der Waals surface area contributed by atoms with E-state index in [2.05, 4.69) is 0 Å². The smallest absolute Gasteiger partial charge is 0.150 e. The summed E-state index contributed by atoms with van der Waals surface area (Å²) in [4.78, 5) is 10.6. The van der Waals surface area contributed by atoms with Gasteiger partial charge in [-0.05, 0) is 24.3 Å². The van der Waals surface area contributed by atoms with E-state index in [1.54, 1.807) is 42.5 Å². The number of rotatable bonds is 3. The number of halogens is 2. The number of benzene rings is 2. The van der Waals surface area contributed by atoms with Gasteiger partial charge in [0.2, 0.25) is 0 Å². The Balaban J connectivity index is 2.30. The minimum atomic E-state index is 0.460. The Hall–Kier alpha value is -1.51. The zero-order valence-electron chi connectivity index (χ0n) is 8.69. The van der Waals surface area contributed by atoms with Crippen molar-refractivity contribution in [1.29, 1.82) is 0 Å². The van der Waals surface area contributed by atoms with Crippen LogP contribution >= 0.6 is 23.2 Å². The fourth-order valence-corrected chi connectivity index (χ4v) is 1.65. The molecule has 4 heteroatoms. The van der Waals surface area contributed by atoms with Crippen molar-refractivity contribution in [2.75, 3.05) is 0 Å². The third-order valence-corrected chi connectivity index (χ3v) is 2.66. The van der Waals surface area contributed by atoms with E-state index >= 15 is 0 Å². The van der Waals surface area contributed by atoms with Crippen LogP contribution in [0.3, 0.4) is 0 Å². The van der Waals surface area contributed by atoms with Gasteiger partial charge < -0.3 is 4.74 Å². The second-order valence-electron chi connectivity index (χ2n) is 3.37. The van der Waals surface area contributed by atoms with E-state index in [1.165, 1.54) is 0 Å². The predicted molar refractivity (Wildman–Crippen MR) is 68.4 cm³/mol. The largest absolute Gasteiger partial charge is 0.456 e. The van der Waals surface area contributed by atoms with Crippen LogP contribution in [0.5, 0.6) is 11.5 Å². The third kappa shape index (κ3) is 2.99. The molecule has 86 valence electrons. The Labute approximate surface area is 109 Å². The Morgan fingerprint density at radius 2 is 1.88 bits per heavy atom. The molecule has 2 rings (SSSR count). The number of hydrogen-bond acceptors (Lipinski definition) is 2. The highest BCUT2D eigenvalue weighted by molar-refractivity contribution is 6.34. The van der Waals surface area contributed by atoms with E-state index in [0.29, 0.717) is 27.1 Å². The normalized spacial score (nSPS) is 10.0. The first-order valence-corrected chi connectivity index (χ1v) is 5.63. The van der Waals surface area contributed by atoms with Crippen molar-refractivity contribution >= 4 is 29.5 Å². The molecular weight excluding hydrogens is 259 g/mol. The topological polar surface area (TPSA) is 26.3 Å². The van der Waals surface area contributed by atoms with Crippen molar-refractivity contribution < 1.29 is 9.53 Å². The van der Waals surface area contributed by atoms with Gasteiger partial charge >= 0.3 is 0 Å². The Kier molecular flexibility index (Phi) is 3.67. The van der Waals surface area contributed by atoms with E-state index in [0.717, 1.165) is 6.29 Å². The number of hydrogen-bond donors (Lipinski definition) is 0. The van der Waals surface area contributed by atoms with Gasteiger partial charge in [0.15, 0.2) is 0 Å². The summed E-state index contributed by atoms with van der Waals surface area (Å²) in [6.07, 6.45) is 0.756. The summed E-state index contributed by atoms with van der Waals surface area (Å²) in [5.41, 5.74) is 0.542. The van der Waals surface area contributed by atoms with Crippen LogP contribution < -0.4 is 4.74 Å². The van der Waals surface area contributed by atoms with Crippen LogP contribution in [0.15, 0.2) is 42.5 Å². The van der Waals surface area contributed by atoms with Gasteiger partial charge in [-0.2, -0.15) is 0 Å². The Morgan fingerprint density at radius 3 is 2.65 bits per heavy atom. The van der Waals surface area contributed by atoms with E-state index in [1.807, 2.05) is 0 Å². The highest BCUT2D eigenvalue weighted by atomic mass is 35.5. The maximum Gasteiger partial charge on any atom is 0.150 e. The van der Waals surface area contributed by atoms with Gasteiger partial charge in [0.1, 0.15) is 17.8 Å². The van der Waals surface area contributed by atoms with Crippen LogP contribution in [0.2, 0.25) is 10.0 Å². The highest BCUT2D eigenvalue weighted by Crippen LogP contribution is 2.31. The third-order valence-electron chi connectivity index (χ3n) is 2.12. The molecule has 0 saturated carbocycles. The molecule has 0 heterocycles. The molecule has 0 spiro atoms. The minimum Gasteiger partial charge on any atom is -0.456 e. The van der Waals surface area contributed by atoms with Crippen LogP contribution in [-0.4, -0.2) is 6.29 Å². The molecule has 0 fully saturated rings. The van der Waals surface area contributed by atoms with Crippen molar-refractivity contribution in [2.45, 2.75) is 0 Å². The SMILES string of the molecule is O=Cc1cccc(Oc2cc(Cl)ccc2Cl)c1. The summed E-state index contributed by atoms with van der Waals surface area (Å²) in [6, 6.07) is 11.8. The van der Waals surface area contributed by atoms with E-state index in [-0.39, 0.29) is 0 Å². The quantitative estimate of drug-likeness (QED) is 0.760. The molecular formula is C13H8Cl2O2. The van der Waals surface area contributed by atoms with Crippen LogP contribution in [0.4, 0.5) is 0 Å². The lowest BCUT2D eigenvalue weighted by Crippen LogP contribution is -1.87. The number of ether oxygens (including phenoxy) is 1. The number of carbonyl (C=O) groups excluding carboxylic acids is 1. The van der Waals surface area contributed by atoms with Gasteiger partial charge in [0.25, 0.3) is 0 Å². The fourth-order valence-electron chi connectivity index (χ4n) is 1.33. The maximum absolute atomic E-state index is 10.6. The second kappa shape index (κ2) is 5.21. The lowest BCUT2D eigenvalue weighted by molar-refractivity contribution is 0.112. The van der Waals surface area contributed by atoms with E-state index in [4.69, 9.17) is 27.9 Å². The van der Waals surface area contributed by atoms with Gasteiger partial charge in [-0.25, -0.2) is 0 Å². The van der Waals surface area contributed by atoms with Gasteiger partial charge in [0, 0.05) is 16.7 Å². The van der Waals surface area contributed by atoms with Gasteiger partial charge in [-0.3, -0.25) is 4.79 Å². The Morgan fingerprint density at radius 1 is 1.06 bits per heavy atom. The van der Waals surface area contributed by atoms with Crippen LogP contribution in [0, 0.1) is 0 Å². The first kappa shape index (κ1) is 12.0. The van der Waals surface area contributed by atoms with Gasteiger partial charge in [-0.15, -0.1) is 0 Å². The lowest BCUT2D eigenvalue weighted by Gasteiger charge is -2.08. The van der Waals surface area contributed by atoms with Crippen molar-refractivity contribution in [1.82, 2.24) is 0 Å². The molecule has 0 amide bonds. The van der Waals surface area contributed by atoms with Crippen molar-refractivity contribution in [2.24, 2.45) is 0 Å². The van der Waals surface area contributed by atoms with Crippen molar-refractivity contribution in [3.05, 3.63) is 58.1 Å². The van der Waals surface area contributed by atoms with Crippen LogP contribution in [0.25, 0.3) is 0 Å². The zero-order chi connectivity index (χ0) is 12.3. The molecule has 2 aromatic rings. The molecule has 2 aromatic carbocycles. The van der Waals surface area contributed by atoms with Gasteiger partial charge in [0.05, 0.1) is 5.02 Å². The Bertz CT molecular complexity index is 553. The summed E-state index contributed by atoms with van der Waals surface area (Å²) in [7, 11) is 0.